The summed E-state index contributed by atoms with van der Waals surface area (Å²) in [6.07, 6.45) is 0.343. The third-order valence-corrected chi connectivity index (χ3v) is 5.93. The number of hydrogen-bond acceptors (Lipinski definition) is 3. The molecule has 3 fully saturated rings. The van der Waals surface area contributed by atoms with Crippen LogP contribution in [0.15, 0.2) is 48.5 Å². The second-order valence-corrected chi connectivity index (χ2v) is 7.75. The Morgan fingerprint density at radius 2 is 1.75 bits per heavy atom. The average molecular weight is 387 g/mol. The van der Waals surface area contributed by atoms with Gasteiger partial charge in [-0.1, -0.05) is 42.5 Å². The molecule has 2 N–H and O–H groups in total. The Hall–Kier alpha value is -2.96. The SMILES string of the molecule is O=C(NC(C(=O)O)C12CC(c3cccc(F)c3F)(C1)C2)OCc1ccccc1. The lowest BCUT2D eigenvalue weighted by molar-refractivity contribution is -0.184. The molecule has 3 aliphatic carbocycles. The van der Waals surface area contributed by atoms with E-state index in [0.29, 0.717) is 19.3 Å². The highest BCUT2D eigenvalue weighted by Gasteiger charge is 2.73. The van der Waals surface area contributed by atoms with E-state index in [-0.39, 0.29) is 12.2 Å². The van der Waals surface area contributed by atoms with Crippen LogP contribution in [0.2, 0.25) is 0 Å². The fraction of sp³-hybridized carbons (Fsp3) is 0.333. The molecular weight excluding hydrogens is 368 g/mol. The van der Waals surface area contributed by atoms with Crippen LogP contribution in [0.1, 0.15) is 30.4 Å². The summed E-state index contributed by atoms with van der Waals surface area (Å²) in [5.74, 6) is -2.95. The van der Waals surface area contributed by atoms with Crippen molar-refractivity contribution in [3.05, 3.63) is 71.3 Å². The summed E-state index contributed by atoms with van der Waals surface area (Å²) in [5.41, 5.74) is -0.132. The average Bonchev–Trinajstić information content (AvgIpc) is 2.61. The van der Waals surface area contributed by atoms with Gasteiger partial charge < -0.3 is 15.2 Å². The molecule has 0 aliphatic heterocycles. The second kappa shape index (κ2) is 6.58. The smallest absolute Gasteiger partial charge is 0.408 e. The number of aliphatic carboxylic acids is 1. The largest absolute Gasteiger partial charge is 0.480 e. The van der Waals surface area contributed by atoms with Crippen LogP contribution in [-0.2, 0) is 21.6 Å². The maximum absolute atomic E-state index is 14.1. The minimum Gasteiger partial charge on any atom is -0.480 e. The molecule has 7 heteroatoms. The van der Waals surface area contributed by atoms with Crippen LogP contribution in [0.25, 0.3) is 0 Å². The molecule has 1 unspecified atom stereocenters. The first-order chi connectivity index (χ1) is 13.4. The van der Waals surface area contributed by atoms with Gasteiger partial charge in [-0.25, -0.2) is 18.4 Å². The number of halogens is 2. The zero-order valence-electron chi connectivity index (χ0n) is 15.0. The molecule has 1 amide bonds. The summed E-state index contributed by atoms with van der Waals surface area (Å²) < 4.78 is 32.8. The lowest BCUT2D eigenvalue weighted by atomic mass is 9.31. The predicted molar refractivity (Wildman–Crippen MR) is 95.5 cm³/mol. The molecule has 3 saturated carbocycles. The fourth-order valence-electron chi connectivity index (χ4n) is 4.73. The van der Waals surface area contributed by atoms with Crippen molar-refractivity contribution in [2.45, 2.75) is 37.3 Å². The van der Waals surface area contributed by atoms with E-state index in [1.54, 1.807) is 18.2 Å². The Bertz CT molecular complexity index is 911. The van der Waals surface area contributed by atoms with Crippen LogP contribution in [-0.4, -0.2) is 23.2 Å². The van der Waals surface area contributed by atoms with Crippen molar-refractivity contribution in [2.75, 3.05) is 0 Å². The lowest BCUT2D eigenvalue weighted by Gasteiger charge is -2.72. The minimum atomic E-state index is -1.16. The lowest BCUT2D eigenvalue weighted by Crippen LogP contribution is -2.73. The third kappa shape index (κ3) is 2.91. The van der Waals surface area contributed by atoms with Crippen molar-refractivity contribution in [1.29, 1.82) is 0 Å². The van der Waals surface area contributed by atoms with Crippen LogP contribution in [0.4, 0.5) is 13.6 Å². The maximum Gasteiger partial charge on any atom is 0.408 e. The van der Waals surface area contributed by atoms with Crippen molar-refractivity contribution < 1.29 is 28.2 Å². The zero-order chi connectivity index (χ0) is 19.9. The second-order valence-electron chi connectivity index (χ2n) is 7.75. The van der Waals surface area contributed by atoms with E-state index < -0.39 is 40.6 Å². The Morgan fingerprint density at radius 3 is 2.39 bits per heavy atom. The number of ether oxygens (including phenoxy) is 1. The quantitative estimate of drug-likeness (QED) is 0.791. The number of carboxylic acids is 1. The van der Waals surface area contributed by atoms with Crippen LogP contribution < -0.4 is 5.32 Å². The number of alkyl carbamates (subject to hydrolysis) is 1. The van der Waals surface area contributed by atoms with Gasteiger partial charge >= 0.3 is 12.1 Å². The third-order valence-electron chi connectivity index (χ3n) is 5.93. The van der Waals surface area contributed by atoms with Crippen LogP contribution >= 0.6 is 0 Å². The molecule has 0 spiro atoms. The summed E-state index contributed by atoms with van der Waals surface area (Å²) in [4.78, 5) is 23.8. The van der Waals surface area contributed by atoms with Gasteiger partial charge in [0.15, 0.2) is 11.6 Å². The first kappa shape index (κ1) is 18.4. The number of carboxylic acid groups (broad SMARTS) is 1. The molecular formula is C21H19F2NO4. The van der Waals surface area contributed by atoms with E-state index in [9.17, 15) is 23.5 Å². The van der Waals surface area contributed by atoms with Crippen LogP contribution in [0.5, 0.6) is 0 Å². The van der Waals surface area contributed by atoms with Gasteiger partial charge in [0.25, 0.3) is 0 Å². The zero-order valence-corrected chi connectivity index (χ0v) is 15.0. The van der Waals surface area contributed by atoms with E-state index in [4.69, 9.17) is 4.74 Å². The Labute approximate surface area is 160 Å². The number of carbonyl (C=O) groups excluding carboxylic acids is 1. The number of amides is 1. The molecule has 5 nitrogen and oxygen atoms in total. The van der Waals surface area contributed by atoms with Crippen LogP contribution in [0, 0.1) is 17.0 Å². The van der Waals surface area contributed by atoms with E-state index in [1.807, 2.05) is 18.2 Å². The van der Waals surface area contributed by atoms with E-state index in [1.165, 1.54) is 6.07 Å². The highest BCUT2D eigenvalue weighted by molar-refractivity contribution is 5.82. The number of rotatable bonds is 6. The summed E-state index contributed by atoms with van der Waals surface area (Å²) in [7, 11) is 0. The van der Waals surface area contributed by atoms with Gasteiger partial charge in [0.2, 0.25) is 0 Å². The first-order valence-electron chi connectivity index (χ1n) is 9.00. The molecule has 146 valence electrons. The number of hydrogen-bond donors (Lipinski definition) is 2. The number of nitrogens with one attached hydrogen (secondary N) is 1. The maximum atomic E-state index is 14.1. The molecule has 0 aromatic heterocycles. The summed E-state index contributed by atoms with van der Waals surface area (Å²) in [6.45, 7) is 0.0322. The Morgan fingerprint density at radius 1 is 1.07 bits per heavy atom. The molecule has 0 heterocycles. The standard InChI is InChI=1S/C21H19F2NO4/c22-15-8-4-7-14(16(15)23)20-10-21(11-20,12-20)17(18(25)26)24-19(27)28-9-13-5-2-1-3-6-13/h1-8,17H,9-12H2,(H,24,27)(H,25,26). The highest BCUT2D eigenvalue weighted by Crippen LogP contribution is 2.75. The highest BCUT2D eigenvalue weighted by atomic mass is 19.2. The molecule has 2 aromatic rings. The Kier molecular flexibility index (Phi) is 4.33. The molecule has 2 bridgehead atoms. The van der Waals surface area contributed by atoms with Gasteiger partial charge in [0.1, 0.15) is 12.6 Å². The van der Waals surface area contributed by atoms with Crippen LogP contribution in [0.3, 0.4) is 0 Å². The van der Waals surface area contributed by atoms with Crippen molar-refractivity contribution in [3.63, 3.8) is 0 Å². The van der Waals surface area contributed by atoms with E-state index >= 15 is 0 Å². The monoisotopic (exact) mass is 387 g/mol. The van der Waals surface area contributed by atoms with Gasteiger partial charge in [-0.3, -0.25) is 0 Å². The van der Waals surface area contributed by atoms with Crippen molar-refractivity contribution in [1.82, 2.24) is 5.32 Å². The molecule has 5 rings (SSSR count). The normalized spacial score (nSPS) is 25.8. The van der Waals surface area contributed by atoms with Crippen molar-refractivity contribution >= 4 is 12.1 Å². The summed E-state index contributed by atoms with van der Waals surface area (Å²) >= 11 is 0. The van der Waals surface area contributed by atoms with Gasteiger partial charge in [0.05, 0.1) is 0 Å². The van der Waals surface area contributed by atoms with Gasteiger partial charge in [-0.15, -0.1) is 0 Å². The predicted octanol–water partition coefficient (Wildman–Crippen LogP) is 3.77. The molecule has 3 aliphatic rings. The molecule has 28 heavy (non-hydrogen) atoms. The Balaban J connectivity index is 1.40. The molecule has 1 atom stereocenters. The number of benzene rings is 2. The van der Waals surface area contributed by atoms with Gasteiger partial charge in [-0.2, -0.15) is 0 Å². The van der Waals surface area contributed by atoms with E-state index in [0.717, 1.165) is 11.6 Å². The van der Waals surface area contributed by atoms with Gasteiger partial charge in [-0.05, 0) is 36.5 Å². The van der Waals surface area contributed by atoms with Crippen molar-refractivity contribution in [3.8, 4) is 0 Å². The topological polar surface area (TPSA) is 75.6 Å². The summed E-state index contributed by atoms with van der Waals surface area (Å²) in [6, 6.07) is 12.0. The summed E-state index contributed by atoms with van der Waals surface area (Å²) in [5, 5.41) is 12.0. The number of carbonyl (C=O) groups is 2. The molecule has 2 aromatic carbocycles. The van der Waals surface area contributed by atoms with Gasteiger partial charge in [0, 0.05) is 10.8 Å². The first-order valence-corrected chi connectivity index (χ1v) is 9.00. The molecule has 0 saturated heterocycles. The van der Waals surface area contributed by atoms with E-state index in [2.05, 4.69) is 5.32 Å². The fourth-order valence-corrected chi connectivity index (χ4v) is 4.73. The minimum absolute atomic E-state index is 0.0322. The van der Waals surface area contributed by atoms with Crippen molar-refractivity contribution in [2.24, 2.45) is 5.41 Å². The molecule has 0 radical (unpaired) electrons.